The van der Waals surface area contributed by atoms with Crippen LogP contribution in [0.2, 0.25) is 0 Å². The van der Waals surface area contributed by atoms with Crippen LogP contribution in [-0.4, -0.2) is 62.7 Å². The van der Waals surface area contributed by atoms with Gasteiger partial charge in [0, 0.05) is 32.7 Å². The van der Waals surface area contributed by atoms with Crippen LogP contribution in [0.3, 0.4) is 0 Å². The van der Waals surface area contributed by atoms with Crippen molar-refractivity contribution in [2.24, 2.45) is 5.92 Å². The summed E-state index contributed by atoms with van der Waals surface area (Å²) in [6.07, 6.45) is 4.38. The first-order valence-corrected chi connectivity index (χ1v) is 7.80. The lowest BCUT2D eigenvalue weighted by atomic mass is 9.85. The molecule has 2 fully saturated rings. The van der Waals surface area contributed by atoms with Crippen LogP contribution in [0.4, 0.5) is 0 Å². The average molecular weight is 297 g/mol. The Morgan fingerprint density at radius 3 is 2.33 bits per heavy atom. The van der Waals surface area contributed by atoms with E-state index in [1.54, 1.807) is 14.2 Å². The van der Waals surface area contributed by atoms with Gasteiger partial charge in [0.2, 0.25) is 11.8 Å². The fourth-order valence-corrected chi connectivity index (χ4v) is 3.43. The van der Waals surface area contributed by atoms with E-state index >= 15 is 0 Å². The van der Waals surface area contributed by atoms with Gasteiger partial charge >= 0.3 is 0 Å². The maximum Gasteiger partial charge on any atom is 0.237 e. The lowest BCUT2D eigenvalue weighted by Crippen LogP contribution is -2.47. The molecule has 1 heterocycles. The van der Waals surface area contributed by atoms with Gasteiger partial charge < -0.3 is 15.4 Å². The second kappa shape index (κ2) is 7.22. The lowest BCUT2D eigenvalue weighted by molar-refractivity contribution is -0.126. The predicted octanol–water partition coefficient (Wildman–Crippen LogP) is 0.127. The number of methoxy groups -OCH3 is 1. The van der Waals surface area contributed by atoms with Gasteiger partial charge in [-0.2, -0.15) is 0 Å². The van der Waals surface area contributed by atoms with E-state index in [4.69, 9.17) is 4.74 Å². The highest BCUT2D eigenvalue weighted by Crippen LogP contribution is 2.25. The first-order chi connectivity index (χ1) is 10.0. The van der Waals surface area contributed by atoms with Gasteiger partial charge in [-0.25, -0.2) is 0 Å². The van der Waals surface area contributed by atoms with Crippen LogP contribution in [0.5, 0.6) is 0 Å². The van der Waals surface area contributed by atoms with E-state index in [1.807, 2.05) is 7.05 Å². The normalized spacial score (nSPS) is 33.7. The minimum absolute atomic E-state index is 0.0911. The number of hydrogen-bond acceptors (Lipinski definition) is 4. The van der Waals surface area contributed by atoms with E-state index in [0.717, 1.165) is 38.6 Å². The fraction of sp³-hybridized carbons (Fsp3) is 0.867. The molecule has 2 N–H and O–H groups in total. The Bertz CT molecular complexity index is 380. The van der Waals surface area contributed by atoms with Gasteiger partial charge in [0.25, 0.3) is 0 Å². The van der Waals surface area contributed by atoms with Gasteiger partial charge in [-0.3, -0.25) is 14.5 Å². The molecule has 6 heteroatoms. The van der Waals surface area contributed by atoms with Crippen molar-refractivity contribution >= 4 is 11.8 Å². The van der Waals surface area contributed by atoms with E-state index < -0.39 is 0 Å². The molecule has 1 saturated heterocycles. The summed E-state index contributed by atoms with van der Waals surface area (Å²) in [4.78, 5) is 26.0. The summed E-state index contributed by atoms with van der Waals surface area (Å²) in [6, 6.07) is 0.111. The van der Waals surface area contributed by atoms with E-state index in [1.165, 1.54) is 0 Å². The van der Waals surface area contributed by atoms with Crippen molar-refractivity contribution in [3.63, 3.8) is 0 Å². The standard InChI is InChI=1S/C15H27N3O3/c1-16-14(19)10-4-6-11(7-5-10)17-15(20)13-8-12(21-3)9-18(13)2/h10-13H,4-9H2,1-3H3,(H,16,19)(H,17,20)/t10?,11?,12-,13-/m0/s1. The molecule has 21 heavy (non-hydrogen) atoms. The number of carbonyl (C=O) groups excluding carboxylic acids is 2. The van der Waals surface area contributed by atoms with E-state index in [0.29, 0.717) is 0 Å². The predicted molar refractivity (Wildman–Crippen MR) is 79.8 cm³/mol. The Morgan fingerprint density at radius 2 is 1.81 bits per heavy atom. The van der Waals surface area contributed by atoms with Gasteiger partial charge in [-0.05, 0) is 39.2 Å². The molecular weight excluding hydrogens is 270 g/mol. The zero-order valence-electron chi connectivity index (χ0n) is 13.2. The number of hydrogen-bond donors (Lipinski definition) is 2. The Hall–Kier alpha value is -1.14. The van der Waals surface area contributed by atoms with Crippen molar-refractivity contribution in [3.05, 3.63) is 0 Å². The Labute approximate surface area is 126 Å². The van der Waals surface area contributed by atoms with E-state index in [9.17, 15) is 9.59 Å². The van der Waals surface area contributed by atoms with Crippen molar-refractivity contribution < 1.29 is 14.3 Å². The SMILES string of the molecule is CNC(=O)C1CCC(NC(=O)[C@@H]2C[C@H](OC)CN2C)CC1. The molecule has 1 aliphatic heterocycles. The van der Waals surface area contributed by atoms with Crippen LogP contribution in [0.15, 0.2) is 0 Å². The first-order valence-electron chi connectivity index (χ1n) is 7.80. The third-order valence-corrected chi connectivity index (χ3v) is 4.84. The van der Waals surface area contributed by atoms with Crippen molar-refractivity contribution in [3.8, 4) is 0 Å². The topological polar surface area (TPSA) is 70.7 Å². The van der Waals surface area contributed by atoms with Crippen LogP contribution >= 0.6 is 0 Å². The van der Waals surface area contributed by atoms with Crippen molar-refractivity contribution in [1.29, 1.82) is 0 Å². The van der Waals surface area contributed by atoms with Crippen molar-refractivity contribution in [2.75, 3.05) is 27.7 Å². The number of nitrogens with one attached hydrogen (secondary N) is 2. The second-order valence-electron chi connectivity index (χ2n) is 6.22. The number of ether oxygens (including phenoxy) is 1. The third kappa shape index (κ3) is 3.95. The summed E-state index contributed by atoms with van der Waals surface area (Å²) >= 11 is 0. The number of amides is 2. The van der Waals surface area contributed by atoms with Gasteiger partial charge in [-0.1, -0.05) is 0 Å². The van der Waals surface area contributed by atoms with Crippen molar-refractivity contribution in [1.82, 2.24) is 15.5 Å². The van der Waals surface area contributed by atoms with Gasteiger partial charge in [0.1, 0.15) is 0 Å². The monoisotopic (exact) mass is 297 g/mol. The summed E-state index contributed by atoms with van der Waals surface area (Å²) < 4.78 is 5.34. The number of likely N-dealkylation sites (tertiary alicyclic amines) is 1. The molecule has 0 bridgehead atoms. The van der Waals surface area contributed by atoms with Crippen LogP contribution < -0.4 is 10.6 Å². The quantitative estimate of drug-likeness (QED) is 0.773. The molecule has 6 nitrogen and oxygen atoms in total. The molecule has 2 amide bonds. The summed E-state index contributed by atoms with van der Waals surface area (Å²) in [5.74, 6) is 0.328. The molecule has 2 rings (SSSR count). The molecule has 1 saturated carbocycles. The molecule has 0 spiro atoms. The molecule has 2 aliphatic rings. The largest absolute Gasteiger partial charge is 0.380 e. The Balaban J connectivity index is 1.78. The fourth-order valence-electron chi connectivity index (χ4n) is 3.43. The minimum Gasteiger partial charge on any atom is -0.380 e. The summed E-state index contributed by atoms with van der Waals surface area (Å²) in [6.45, 7) is 0.804. The molecule has 0 aromatic rings. The van der Waals surface area contributed by atoms with Gasteiger partial charge in [0.15, 0.2) is 0 Å². The molecule has 2 atom stereocenters. The molecule has 0 aromatic carbocycles. The van der Waals surface area contributed by atoms with Crippen LogP contribution in [0.1, 0.15) is 32.1 Å². The smallest absolute Gasteiger partial charge is 0.237 e. The van der Waals surface area contributed by atoms with Crippen LogP contribution in [0, 0.1) is 5.92 Å². The van der Waals surface area contributed by atoms with Gasteiger partial charge in [0.05, 0.1) is 12.1 Å². The number of carbonyl (C=O) groups is 2. The number of likely N-dealkylation sites (N-methyl/N-ethyl adjacent to an activating group) is 1. The molecule has 120 valence electrons. The number of nitrogens with zero attached hydrogens (tertiary/aromatic N) is 1. The summed E-state index contributed by atoms with van der Waals surface area (Å²) in [5, 5.41) is 5.85. The van der Waals surface area contributed by atoms with Crippen LogP contribution in [-0.2, 0) is 14.3 Å². The lowest BCUT2D eigenvalue weighted by Gasteiger charge is -2.29. The minimum atomic E-state index is -0.0911. The molecule has 0 radical (unpaired) electrons. The van der Waals surface area contributed by atoms with Crippen LogP contribution in [0.25, 0.3) is 0 Å². The molecule has 1 aliphatic carbocycles. The molecule has 0 unspecified atom stereocenters. The maximum atomic E-state index is 12.4. The summed E-state index contributed by atoms with van der Waals surface area (Å²) in [5.41, 5.74) is 0. The molecule has 0 aromatic heterocycles. The Kier molecular flexibility index (Phi) is 5.58. The van der Waals surface area contributed by atoms with E-state index in [-0.39, 0.29) is 35.9 Å². The number of rotatable bonds is 4. The Morgan fingerprint density at radius 1 is 1.14 bits per heavy atom. The zero-order valence-corrected chi connectivity index (χ0v) is 13.2. The molecular formula is C15H27N3O3. The second-order valence-corrected chi connectivity index (χ2v) is 6.22. The summed E-state index contributed by atoms with van der Waals surface area (Å²) in [7, 11) is 5.34. The van der Waals surface area contributed by atoms with Gasteiger partial charge in [-0.15, -0.1) is 0 Å². The average Bonchev–Trinajstić information content (AvgIpc) is 2.88. The third-order valence-electron chi connectivity index (χ3n) is 4.84. The first kappa shape index (κ1) is 16.2. The zero-order chi connectivity index (χ0) is 15.4. The highest BCUT2D eigenvalue weighted by atomic mass is 16.5. The maximum absolute atomic E-state index is 12.4. The highest BCUT2D eigenvalue weighted by Gasteiger charge is 2.36. The van der Waals surface area contributed by atoms with E-state index in [2.05, 4.69) is 15.5 Å². The van der Waals surface area contributed by atoms with Crippen molar-refractivity contribution in [2.45, 2.75) is 50.3 Å². The highest BCUT2D eigenvalue weighted by molar-refractivity contribution is 5.82.